The van der Waals surface area contributed by atoms with Gasteiger partial charge in [-0.1, -0.05) is 0 Å². The lowest BCUT2D eigenvalue weighted by atomic mass is 10.1. The van der Waals surface area contributed by atoms with Crippen LogP contribution in [0.15, 0.2) is 22.9 Å². The number of Topliss-reactive ketones (excluding diaryl/α,β-unsaturated/α-hetero) is 2. The first kappa shape index (κ1) is 9.52. The normalized spacial score (nSPS) is 15.2. The molecule has 0 saturated heterocycles. The monoisotopic (exact) mass is 253 g/mol. The van der Waals surface area contributed by atoms with Gasteiger partial charge in [-0.05, 0) is 40.9 Å². The predicted octanol–water partition coefficient (Wildman–Crippen LogP) is 2.01. The number of nitrogens with zero attached hydrogens (tertiary/aromatic N) is 1. The lowest BCUT2D eigenvalue weighted by Crippen LogP contribution is -2.16. The van der Waals surface area contributed by atoms with E-state index in [1.807, 2.05) is 0 Å². The lowest BCUT2D eigenvalue weighted by Gasteiger charge is -1.99. The Balaban J connectivity index is 2.26. The molecular weight excluding hydrogens is 246 g/mol. The van der Waals surface area contributed by atoms with E-state index in [0.29, 0.717) is 10.2 Å². The van der Waals surface area contributed by atoms with Crippen molar-refractivity contribution in [1.82, 2.24) is 4.98 Å². The van der Waals surface area contributed by atoms with Gasteiger partial charge in [-0.3, -0.25) is 9.59 Å². The maximum Gasteiger partial charge on any atom is 0.231 e. The van der Waals surface area contributed by atoms with E-state index in [-0.39, 0.29) is 11.7 Å². The molecule has 1 aromatic rings. The van der Waals surface area contributed by atoms with Crippen molar-refractivity contribution in [2.24, 2.45) is 5.92 Å². The molecule has 0 unspecified atom stereocenters. The van der Waals surface area contributed by atoms with Crippen molar-refractivity contribution in [1.29, 1.82) is 0 Å². The van der Waals surface area contributed by atoms with Gasteiger partial charge in [0.25, 0.3) is 0 Å². The van der Waals surface area contributed by atoms with Crippen LogP contribution >= 0.6 is 15.9 Å². The van der Waals surface area contributed by atoms with E-state index in [0.717, 1.165) is 12.8 Å². The van der Waals surface area contributed by atoms with Gasteiger partial charge in [0.1, 0.15) is 4.60 Å². The zero-order valence-corrected chi connectivity index (χ0v) is 8.95. The topological polar surface area (TPSA) is 47.0 Å². The minimum atomic E-state index is -0.424. The standard InChI is InChI=1S/C10H8BrNO2/c11-10-7(2-1-5-12-10)9(14)8(13)6-3-4-6/h1-2,5-6H,3-4H2. The summed E-state index contributed by atoms with van der Waals surface area (Å²) in [4.78, 5) is 27.0. The molecule has 1 fully saturated rings. The summed E-state index contributed by atoms with van der Waals surface area (Å²) in [6, 6.07) is 3.26. The number of carbonyl (C=O) groups is 2. The second-order valence-electron chi connectivity index (χ2n) is 3.31. The fourth-order valence-corrected chi connectivity index (χ4v) is 1.65. The Bertz CT molecular complexity index is 399. The summed E-state index contributed by atoms with van der Waals surface area (Å²) in [5.41, 5.74) is 0.365. The quantitative estimate of drug-likeness (QED) is 0.471. The van der Waals surface area contributed by atoms with E-state index in [9.17, 15) is 9.59 Å². The molecule has 72 valence electrons. The Labute approximate surface area is 89.7 Å². The number of hydrogen-bond donors (Lipinski definition) is 0. The lowest BCUT2D eigenvalue weighted by molar-refractivity contribution is -0.116. The highest BCUT2D eigenvalue weighted by atomic mass is 79.9. The van der Waals surface area contributed by atoms with Crippen LogP contribution in [0.3, 0.4) is 0 Å². The molecule has 1 aliphatic carbocycles. The molecule has 4 heteroatoms. The Morgan fingerprint density at radius 2 is 2.14 bits per heavy atom. The number of hydrogen-bond acceptors (Lipinski definition) is 3. The van der Waals surface area contributed by atoms with Crippen molar-refractivity contribution in [3.8, 4) is 0 Å². The first-order chi connectivity index (χ1) is 6.70. The average Bonchev–Trinajstić information content (AvgIpc) is 3.00. The van der Waals surface area contributed by atoms with Crippen LogP contribution in [-0.4, -0.2) is 16.6 Å². The van der Waals surface area contributed by atoms with Crippen molar-refractivity contribution < 1.29 is 9.59 Å². The molecule has 1 aliphatic rings. The number of carbonyl (C=O) groups excluding carboxylic acids is 2. The van der Waals surface area contributed by atoms with Gasteiger partial charge >= 0.3 is 0 Å². The predicted molar refractivity (Wildman–Crippen MR) is 54.0 cm³/mol. The number of aromatic nitrogens is 1. The van der Waals surface area contributed by atoms with E-state index in [1.165, 1.54) is 0 Å². The van der Waals surface area contributed by atoms with Gasteiger partial charge in [0.05, 0.1) is 5.56 Å². The fourth-order valence-electron chi connectivity index (χ4n) is 1.22. The molecule has 14 heavy (non-hydrogen) atoms. The van der Waals surface area contributed by atoms with Gasteiger partial charge in [0, 0.05) is 12.1 Å². The molecule has 0 radical (unpaired) electrons. The van der Waals surface area contributed by atoms with Crippen LogP contribution < -0.4 is 0 Å². The van der Waals surface area contributed by atoms with E-state index < -0.39 is 5.78 Å². The highest BCUT2D eigenvalue weighted by Gasteiger charge is 2.35. The summed E-state index contributed by atoms with van der Waals surface area (Å²) in [5, 5.41) is 0. The number of pyridine rings is 1. The average molecular weight is 254 g/mol. The third-order valence-electron chi connectivity index (χ3n) is 2.18. The van der Waals surface area contributed by atoms with Crippen molar-refractivity contribution in [3.05, 3.63) is 28.5 Å². The molecule has 2 rings (SSSR count). The number of ketones is 2. The molecule has 0 aliphatic heterocycles. The van der Waals surface area contributed by atoms with E-state index in [4.69, 9.17) is 0 Å². The van der Waals surface area contributed by atoms with Gasteiger partial charge in [-0.2, -0.15) is 0 Å². The second-order valence-corrected chi connectivity index (χ2v) is 4.06. The molecule has 1 heterocycles. The van der Waals surface area contributed by atoms with Gasteiger partial charge in [0.2, 0.25) is 11.6 Å². The smallest absolute Gasteiger partial charge is 0.231 e. The zero-order chi connectivity index (χ0) is 10.1. The van der Waals surface area contributed by atoms with Crippen molar-refractivity contribution in [2.45, 2.75) is 12.8 Å². The maximum absolute atomic E-state index is 11.6. The van der Waals surface area contributed by atoms with Crippen molar-refractivity contribution >= 4 is 27.5 Å². The SMILES string of the molecule is O=C(C(=O)C1CC1)c1cccnc1Br. The van der Waals surface area contributed by atoms with Crippen LogP contribution in [0.25, 0.3) is 0 Å². The maximum atomic E-state index is 11.6. The highest BCUT2D eigenvalue weighted by Crippen LogP contribution is 2.31. The van der Waals surface area contributed by atoms with Gasteiger partial charge in [-0.15, -0.1) is 0 Å². The van der Waals surface area contributed by atoms with Gasteiger partial charge < -0.3 is 0 Å². The minimum Gasteiger partial charge on any atom is -0.290 e. The Hall–Kier alpha value is -1.03. The summed E-state index contributed by atoms with van der Waals surface area (Å²) < 4.78 is 0.444. The molecule has 3 nitrogen and oxygen atoms in total. The molecule has 1 aromatic heterocycles. The Morgan fingerprint density at radius 3 is 2.71 bits per heavy atom. The van der Waals surface area contributed by atoms with Gasteiger partial charge in [-0.25, -0.2) is 4.98 Å². The molecule has 0 N–H and O–H groups in total. The first-order valence-corrected chi connectivity index (χ1v) is 5.18. The summed E-state index contributed by atoms with van der Waals surface area (Å²) in [6.45, 7) is 0. The zero-order valence-electron chi connectivity index (χ0n) is 7.37. The van der Waals surface area contributed by atoms with Crippen LogP contribution in [0.2, 0.25) is 0 Å². The summed E-state index contributed by atoms with van der Waals surface area (Å²) in [7, 11) is 0. The van der Waals surface area contributed by atoms with Crippen molar-refractivity contribution in [3.63, 3.8) is 0 Å². The van der Waals surface area contributed by atoms with Crippen LogP contribution in [0, 0.1) is 5.92 Å². The molecule has 0 atom stereocenters. The Kier molecular flexibility index (Phi) is 2.46. The van der Waals surface area contributed by atoms with Gasteiger partial charge in [0.15, 0.2) is 0 Å². The number of rotatable bonds is 3. The minimum absolute atomic E-state index is 0.0328. The second kappa shape index (κ2) is 3.61. The van der Waals surface area contributed by atoms with E-state index in [2.05, 4.69) is 20.9 Å². The van der Waals surface area contributed by atoms with Crippen LogP contribution in [0.5, 0.6) is 0 Å². The van der Waals surface area contributed by atoms with Crippen molar-refractivity contribution in [2.75, 3.05) is 0 Å². The number of halogens is 1. The molecular formula is C10H8BrNO2. The fraction of sp³-hybridized carbons (Fsp3) is 0.300. The van der Waals surface area contributed by atoms with Crippen LogP contribution in [-0.2, 0) is 4.79 Å². The molecule has 0 bridgehead atoms. The molecule has 1 saturated carbocycles. The molecule has 0 spiro atoms. The summed E-state index contributed by atoms with van der Waals surface area (Å²) in [5.74, 6) is -0.735. The highest BCUT2D eigenvalue weighted by molar-refractivity contribution is 9.10. The largest absolute Gasteiger partial charge is 0.290 e. The molecule has 0 amide bonds. The third kappa shape index (κ3) is 1.75. The summed E-state index contributed by atoms with van der Waals surface area (Å²) >= 11 is 3.15. The van der Waals surface area contributed by atoms with Crippen LogP contribution in [0.4, 0.5) is 0 Å². The van der Waals surface area contributed by atoms with E-state index in [1.54, 1.807) is 18.3 Å². The molecule has 0 aromatic carbocycles. The third-order valence-corrected chi connectivity index (χ3v) is 2.81. The van der Waals surface area contributed by atoms with E-state index >= 15 is 0 Å². The Morgan fingerprint density at radius 1 is 1.43 bits per heavy atom. The summed E-state index contributed by atoms with van der Waals surface area (Å²) in [6.07, 6.45) is 3.27. The first-order valence-electron chi connectivity index (χ1n) is 4.39. The van der Waals surface area contributed by atoms with Crippen LogP contribution in [0.1, 0.15) is 23.2 Å².